The molecule has 0 aliphatic carbocycles. The van der Waals surface area contributed by atoms with Gasteiger partial charge in [0, 0.05) is 36.3 Å². The second-order valence-electron chi connectivity index (χ2n) is 8.09. The number of hydrogen-bond acceptors (Lipinski definition) is 4. The third-order valence-corrected chi connectivity index (χ3v) is 7.14. The monoisotopic (exact) mass is 383 g/mol. The van der Waals surface area contributed by atoms with E-state index in [4.69, 9.17) is 0 Å². The summed E-state index contributed by atoms with van der Waals surface area (Å²) < 4.78 is 0. The Morgan fingerprint density at radius 3 is 2.89 bits per heavy atom. The summed E-state index contributed by atoms with van der Waals surface area (Å²) in [4.78, 5) is 20.1. The fraction of sp³-hybridized carbons (Fsp3) is 0.545. The second kappa shape index (κ2) is 8.11. The van der Waals surface area contributed by atoms with Crippen LogP contribution in [0, 0.1) is 5.92 Å². The van der Waals surface area contributed by atoms with E-state index in [-0.39, 0.29) is 11.8 Å². The molecule has 27 heavy (non-hydrogen) atoms. The first kappa shape index (κ1) is 18.6. The van der Waals surface area contributed by atoms with Crippen molar-refractivity contribution in [1.82, 2.24) is 15.2 Å². The fourth-order valence-corrected chi connectivity index (χ4v) is 5.47. The predicted molar refractivity (Wildman–Crippen MR) is 110 cm³/mol. The number of carbonyl (C=O) groups is 1. The predicted octanol–water partition coefficient (Wildman–Crippen LogP) is 4.15. The molecular formula is C22H29N3OS. The average Bonchev–Trinajstić information content (AvgIpc) is 3.38. The number of thiazole rings is 1. The topological polar surface area (TPSA) is 45.2 Å². The van der Waals surface area contributed by atoms with Crippen molar-refractivity contribution in [3.05, 3.63) is 52.0 Å². The van der Waals surface area contributed by atoms with Gasteiger partial charge < -0.3 is 5.32 Å². The Labute approximate surface area is 166 Å². The van der Waals surface area contributed by atoms with Gasteiger partial charge in [-0.05, 0) is 31.4 Å². The molecule has 0 radical (unpaired) electrons. The molecule has 0 spiro atoms. The van der Waals surface area contributed by atoms with Crippen molar-refractivity contribution in [1.29, 1.82) is 0 Å². The van der Waals surface area contributed by atoms with Crippen LogP contribution < -0.4 is 5.32 Å². The van der Waals surface area contributed by atoms with Crippen LogP contribution in [0.5, 0.6) is 0 Å². The summed E-state index contributed by atoms with van der Waals surface area (Å²) in [5, 5.41) is 6.50. The van der Waals surface area contributed by atoms with Crippen LogP contribution in [0.4, 0.5) is 0 Å². The molecule has 0 saturated carbocycles. The van der Waals surface area contributed by atoms with E-state index < -0.39 is 0 Å². The minimum atomic E-state index is 0.111. The van der Waals surface area contributed by atoms with Gasteiger partial charge in [0.2, 0.25) is 5.91 Å². The average molecular weight is 384 g/mol. The molecule has 2 saturated heterocycles. The lowest BCUT2D eigenvalue weighted by atomic mass is 9.93. The van der Waals surface area contributed by atoms with Crippen molar-refractivity contribution in [2.75, 3.05) is 13.1 Å². The molecule has 2 fully saturated rings. The van der Waals surface area contributed by atoms with Crippen LogP contribution in [0.3, 0.4) is 0 Å². The van der Waals surface area contributed by atoms with Crippen LogP contribution in [0.25, 0.3) is 0 Å². The molecule has 0 bridgehead atoms. The molecule has 144 valence electrons. The molecule has 2 aliphatic heterocycles. The highest BCUT2D eigenvalue weighted by atomic mass is 32.1. The zero-order chi connectivity index (χ0) is 18.8. The summed E-state index contributed by atoms with van der Waals surface area (Å²) >= 11 is 1.72. The van der Waals surface area contributed by atoms with Crippen LogP contribution in [0.2, 0.25) is 0 Å². The molecule has 2 aromatic rings. The Morgan fingerprint density at radius 1 is 1.33 bits per heavy atom. The summed E-state index contributed by atoms with van der Waals surface area (Å²) in [7, 11) is 0. The van der Waals surface area contributed by atoms with Gasteiger partial charge >= 0.3 is 0 Å². The molecule has 4 nitrogen and oxygen atoms in total. The summed E-state index contributed by atoms with van der Waals surface area (Å²) in [6.45, 7) is 6.13. The van der Waals surface area contributed by atoms with Crippen LogP contribution in [-0.4, -0.2) is 34.9 Å². The lowest BCUT2D eigenvalue weighted by molar-refractivity contribution is -0.125. The zero-order valence-electron chi connectivity index (χ0n) is 16.2. The first-order valence-electron chi connectivity index (χ1n) is 10.2. The van der Waals surface area contributed by atoms with E-state index in [1.807, 2.05) is 0 Å². The first-order valence-corrected chi connectivity index (χ1v) is 11.0. The standard InChI is InChI=1S/C22H29N3OS/c1-15(2)22-24-17(14-27-22)10-11-23-21(26)18-13-20(16-7-4-3-5-8-16)25-12-6-9-19(18)25/h3-5,7-8,14-15,18-20H,6,9-13H2,1-2H3,(H,23,26)/t18-,19+,20-/m1/s1. The van der Waals surface area contributed by atoms with Gasteiger partial charge in [0.05, 0.1) is 16.6 Å². The summed E-state index contributed by atoms with van der Waals surface area (Å²) in [5.41, 5.74) is 2.45. The van der Waals surface area contributed by atoms with Gasteiger partial charge in [0.25, 0.3) is 0 Å². The molecular weight excluding hydrogens is 354 g/mol. The Morgan fingerprint density at radius 2 is 2.15 bits per heavy atom. The first-order chi connectivity index (χ1) is 13.1. The zero-order valence-corrected chi connectivity index (χ0v) is 17.0. The molecule has 0 unspecified atom stereocenters. The number of fused-ring (bicyclic) bond motifs is 1. The smallest absolute Gasteiger partial charge is 0.224 e. The number of aromatic nitrogens is 1. The molecule has 5 heteroatoms. The highest BCUT2D eigenvalue weighted by Gasteiger charge is 2.46. The molecule has 1 aromatic carbocycles. The lowest BCUT2D eigenvalue weighted by Gasteiger charge is -2.24. The molecule has 3 atom stereocenters. The SMILES string of the molecule is CC(C)c1nc(CCNC(=O)[C@@H]2C[C@H](c3ccccc3)N3CCC[C@@H]23)cs1. The van der Waals surface area contributed by atoms with Crippen molar-refractivity contribution < 1.29 is 4.79 Å². The van der Waals surface area contributed by atoms with E-state index >= 15 is 0 Å². The quantitative estimate of drug-likeness (QED) is 0.815. The van der Waals surface area contributed by atoms with Crippen LogP contribution in [0.15, 0.2) is 35.7 Å². The Hall–Kier alpha value is -1.72. The van der Waals surface area contributed by atoms with E-state index in [0.29, 0.717) is 24.5 Å². The van der Waals surface area contributed by atoms with Gasteiger partial charge in [-0.25, -0.2) is 4.98 Å². The fourth-order valence-electron chi connectivity index (χ4n) is 4.60. The molecule has 4 rings (SSSR count). The van der Waals surface area contributed by atoms with Gasteiger partial charge in [-0.1, -0.05) is 44.2 Å². The van der Waals surface area contributed by atoms with Gasteiger partial charge in [0.1, 0.15) is 0 Å². The van der Waals surface area contributed by atoms with E-state index in [2.05, 4.69) is 64.8 Å². The largest absolute Gasteiger partial charge is 0.355 e. The number of nitrogens with one attached hydrogen (secondary N) is 1. The molecule has 3 heterocycles. The summed E-state index contributed by atoms with van der Waals surface area (Å²) in [6.07, 6.45) is 4.10. The van der Waals surface area contributed by atoms with Crippen molar-refractivity contribution in [3.63, 3.8) is 0 Å². The second-order valence-corrected chi connectivity index (χ2v) is 8.98. The third kappa shape index (κ3) is 3.94. The molecule has 1 N–H and O–H groups in total. The molecule has 2 aliphatic rings. The van der Waals surface area contributed by atoms with E-state index in [0.717, 1.165) is 31.5 Å². The Balaban J connectivity index is 1.35. The minimum Gasteiger partial charge on any atom is -0.355 e. The number of hydrogen-bond donors (Lipinski definition) is 1. The van der Waals surface area contributed by atoms with Crippen LogP contribution >= 0.6 is 11.3 Å². The van der Waals surface area contributed by atoms with Crippen LogP contribution in [-0.2, 0) is 11.2 Å². The number of amides is 1. The van der Waals surface area contributed by atoms with Crippen molar-refractivity contribution in [2.45, 2.75) is 57.5 Å². The van der Waals surface area contributed by atoms with Gasteiger partial charge in [0.15, 0.2) is 0 Å². The van der Waals surface area contributed by atoms with Crippen molar-refractivity contribution >= 4 is 17.2 Å². The Kier molecular flexibility index (Phi) is 5.60. The van der Waals surface area contributed by atoms with Crippen LogP contribution in [0.1, 0.15) is 61.3 Å². The minimum absolute atomic E-state index is 0.111. The normalized spacial score (nSPS) is 25.1. The highest BCUT2D eigenvalue weighted by Crippen LogP contribution is 2.44. The molecule has 1 aromatic heterocycles. The number of carbonyl (C=O) groups excluding carboxylic acids is 1. The highest BCUT2D eigenvalue weighted by molar-refractivity contribution is 7.09. The summed E-state index contributed by atoms with van der Waals surface area (Å²) in [5.74, 6) is 0.809. The molecule has 1 amide bonds. The Bertz CT molecular complexity index is 773. The van der Waals surface area contributed by atoms with Gasteiger partial charge in [-0.3, -0.25) is 9.69 Å². The van der Waals surface area contributed by atoms with E-state index in [9.17, 15) is 4.79 Å². The lowest BCUT2D eigenvalue weighted by Crippen LogP contribution is -2.38. The number of rotatable bonds is 6. The van der Waals surface area contributed by atoms with Crippen molar-refractivity contribution in [3.8, 4) is 0 Å². The van der Waals surface area contributed by atoms with E-state index in [1.54, 1.807) is 11.3 Å². The van der Waals surface area contributed by atoms with Gasteiger partial charge in [-0.15, -0.1) is 11.3 Å². The maximum absolute atomic E-state index is 12.9. The maximum Gasteiger partial charge on any atom is 0.224 e. The number of nitrogens with zero attached hydrogens (tertiary/aromatic N) is 2. The summed E-state index contributed by atoms with van der Waals surface area (Å²) in [6, 6.07) is 11.5. The van der Waals surface area contributed by atoms with Crippen molar-refractivity contribution in [2.24, 2.45) is 5.92 Å². The third-order valence-electron chi connectivity index (χ3n) is 5.95. The maximum atomic E-state index is 12.9. The van der Waals surface area contributed by atoms with Gasteiger partial charge in [-0.2, -0.15) is 0 Å². The number of benzene rings is 1. The van der Waals surface area contributed by atoms with E-state index in [1.165, 1.54) is 17.0 Å².